The summed E-state index contributed by atoms with van der Waals surface area (Å²) in [5.41, 5.74) is 0.704. The van der Waals surface area contributed by atoms with Crippen molar-refractivity contribution in [2.75, 3.05) is 6.54 Å². The summed E-state index contributed by atoms with van der Waals surface area (Å²) in [6.45, 7) is 4.03. The molecule has 0 spiro atoms. The number of rotatable bonds is 6. The van der Waals surface area contributed by atoms with Crippen LogP contribution >= 0.6 is 0 Å². The van der Waals surface area contributed by atoms with Crippen LogP contribution in [0.4, 0.5) is 0 Å². The zero-order chi connectivity index (χ0) is 13.5. The van der Waals surface area contributed by atoms with Gasteiger partial charge in [0.25, 0.3) is 0 Å². The van der Waals surface area contributed by atoms with E-state index in [4.69, 9.17) is 0 Å². The van der Waals surface area contributed by atoms with E-state index in [-0.39, 0.29) is 18.4 Å². The molecule has 18 heavy (non-hydrogen) atoms. The first kappa shape index (κ1) is 14.2. The Morgan fingerprint density at radius 3 is 2.33 bits per heavy atom. The molecule has 0 aliphatic rings. The Hall–Kier alpha value is -1.84. The molecule has 0 heterocycles. The van der Waals surface area contributed by atoms with Gasteiger partial charge in [0.1, 0.15) is 0 Å². The molecule has 1 atom stereocenters. The van der Waals surface area contributed by atoms with E-state index in [0.29, 0.717) is 12.0 Å². The Labute approximate surface area is 107 Å². The lowest BCUT2D eigenvalue weighted by Crippen LogP contribution is -2.32. The van der Waals surface area contributed by atoms with Gasteiger partial charge >= 0.3 is 5.97 Å². The number of hydrogen-bond donors (Lipinski definition) is 2. The molecule has 0 aliphatic heterocycles. The molecule has 1 rings (SSSR count). The van der Waals surface area contributed by atoms with Crippen LogP contribution in [0.15, 0.2) is 30.3 Å². The van der Waals surface area contributed by atoms with Gasteiger partial charge in [0.05, 0.1) is 5.92 Å². The normalized spacial score (nSPS) is 12.2. The summed E-state index contributed by atoms with van der Waals surface area (Å²) in [4.78, 5) is 22.7. The fourth-order valence-electron chi connectivity index (χ4n) is 1.69. The molecule has 98 valence electrons. The van der Waals surface area contributed by atoms with Crippen molar-refractivity contribution in [3.8, 4) is 0 Å². The molecular weight excluding hydrogens is 230 g/mol. The van der Waals surface area contributed by atoms with Crippen LogP contribution in [0.3, 0.4) is 0 Å². The first-order valence-electron chi connectivity index (χ1n) is 6.05. The molecule has 1 unspecified atom stereocenters. The Morgan fingerprint density at radius 2 is 1.83 bits per heavy atom. The van der Waals surface area contributed by atoms with Crippen molar-refractivity contribution in [1.82, 2.24) is 5.32 Å². The maximum absolute atomic E-state index is 11.5. The second-order valence-electron chi connectivity index (χ2n) is 4.70. The van der Waals surface area contributed by atoms with Gasteiger partial charge in [-0.25, -0.2) is 0 Å². The Kier molecular flexibility index (Phi) is 5.36. The number of carbonyl (C=O) groups excluding carboxylic acids is 1. The van der Waals surface area contributed by atoms with Crippen LogP contribution in [0, 0.1) is 5.92 Å². The molecule has 0 radical (unpaired) electrons. The summed E-state index contributed by atoms with van der Waals surface area (Å²) in [5, 5.41) is 11.8. The fourth-order valence-corrected chi connectivity index (χ4v) is 1.69. The molecule has 0 fully saturated rings. The number of carbonyl (C=O) groups is 2. The van der Waals surface area contributed by atoms with Crippen molar-refractivity contribution in [3.63, 3.8) is 0 Å². The highest BCUT2D eigenvalue weighted by molar-refractivity contribution is 5.79. The van der Waals surface area contributed by atoms with Crippen molar-refractivity contribution >= 4 is 11.9 Å². The van der Waals surface area contributed by atoms with E-state index in [1.807, 2.05) is 19.9 Å². The Balaban J connectivity index is 2.60. The number of hydrogen-bond acceptors (Lipinski definition) is 2. The van der Waals surface area contributed by atoms with E-state index in [0.717, 1.165) is 0 Å². The van der Waals surface area contributed by atoms with Gasteiger partial charge < -0.3 is 10.4 Å². The highest BCUT2D eigenvalue weighted by Gasteiger charge is 2.20. The molecule has 4 nitrogen and oxygen atoms in total. The van der Waals surface area contributed by atoms with Gasteiger partial charge in [-0.05, 0) is 11.5 Å². The van der Waals surface area contributed by atoms with Gasteiger partial charge in [-0.2, -0.15) is 0 Å². The molecule has 0 saturated heterocycles. The maximum Gasteiger partial charge on any atom is 0.312 e. The van der Waals surface area contributed by atoms with Crippen molar-refractivity contribution in [2.45, 2.75) is 26.2 Å². The molecular formula is C14H19NO3. The first-order valence-corrected chi connectivity index (χ1v) is 6.05. The summed E-state index contributed by atoms with van der Waals surface area (Å²) in [7, 11) is 0. The van der Waals surface area contributed by atoms with Crippen LogP contribution in [-0.4, -0.2) is 23.5 Å². The van der Waals surface area contributed by atoms with E-state index < -0.39 is 11.9 Å². The minimum absolute atomic E-state index is 0.104. The van der Waals surface area contributed by atoms with Gasteiger partial charge in [-0.15, -0.1) is 0 Å². The smallest absolute Gasteiger partial charge is 0.312 e. The predicted octanol–water partition coefficient (Wildman–Crippen LogP) is 2.02. The summed E-state index contributed by atoms with van der Waals surface area (Å²) in [5.74, 6) is -1.45. The van der Waals surface area contributed by atoms with Gasteiger partial charge in [0.15, 0.2) is 0 Å². The van der Waals surface area contributed by atoms with Crippen LogP contribution < -0.4 is 5.32 Å². The summed E-state index contributed by atoms with van der Waals surface area (Å²) in [6.07, 6.45) is 0.418. The lowest BCUT2D eigenvalue weighted by molar-refractivity contribution is -0.138. The largest absolute Gasteiger partial charge is 0.481 e. The lowest BCUT2D eigenvalue weighted by atomic mass is 9.99. The molecule has 0 saturated carbocycles. The minimum atomic E-state index is -0.925. The maximum atomic E-state index is 11.5. The second-order valence-corrected chi connectivity index (χ2v) is 4.70. The number of amides is 1. The molecule has 1 amide bonds. The summed E-state index contributed by atoms with van der Waals surface area (Å²) >= 11 is 0. The third-order valence-electron chi connectivity index (χ3n) is 2.60. The van der Waals surface area contributed by atoms with Crippen molar-refractivity contribution < 1.29 is 14.7 Å². The molecule has 0 aromatic heterocycles. The average Bonchev–Trinajstić information content (AvgIpc) is 2.29. The number of carboxylic acids is 1. The molecule has 0 aliphatic carbocycles. The van der Waals surface area contributed by atoms with Gasteiger partial charge in [-0.3, -0.25) is 9.59 Å². The fraction of sp³-hybridized carbons (Fsp3) is 0.429. The van der Waals surface area contributed by atoms with Gasteiger partial charge in [0.2, 0.25) is 5.91 Å². The third-order valence-corrected chi connectivity index (χ3v) is 2.60. The van der Waals surface area contributed by atoms with Crippen molar-refractivity contribution in [3.05, 3.63) is 35.9 Å². The van der Waals surface area contributed by atoms with Gasteiger partial charge in [-0.1, -0.05) is 44.2 Å². The number of nitrogens with one attached hydrogen (secondary N) is 1. The lowest BCUT2D eigenvalue weighted by Gasteiger charge is -2.14. The molecule has 4 heteroatoms. The topological polar surface area (TPSA) is 66.4 Å². The first-order chi connectivity index (χ1) is 8.50. The Bertz CT molecular complexity index is 401. The number of benzene rings is 1. The number of carboxylic acid groups (broad SMARTS) is 1. The van der Waals surface area contributed by atoms with Crippen molar-refractivity contribution in [1.29, 1.82) is 0 Å². The minimum Gasteiger partial charge on any atom is -0.481 e. The van der Waals surface area contributed by atoms with E-state index >= 15 is 0 Å². The van der Waals surface area contributed by atoms with Crippen LogP contribution in [0.25, 0.3) is 0 Å². The van der Waals surface area contributed by atoms with Crippen LogP contribution in [0.2, 0.25) is 0 Å². The quantitative estimate of drug-likeness (QED) is 0.810. The van der Waals surface area contributed by atoms with Crippen LogP contribution in [-0.2, 0) is 9.59 Å². The van der Waals surface area contributed by atoms with E-state index in [1.165, 1.54) is 0 Å². The van der Waals surface area contributed by atoms with Crippen molar-refractivity contribution in [2.24, 2.45) is 5.92 Å². The zero-order valence-electron chi connectivity index (χ0n) is 10.7. The SMILES string of the molecule is CC(C)CC(=O)NCC(C(=O)O)c1ccccc1. The highest BCUT2D eigenvalue weighted by atomic mass is 16.4. The van der Waals surface area contributed by atoms with Crippen LogP contribution in [0.5, 0.6) is 0 Å². The summed E-state index contributed by atoms with van der Waals surface area (Å²) < 4.78 is 0. The van der Waals surface area contributed by atoms with Crippen LogP contribution in [0.1, 0.15) is 31.7 Å². The molecule has 1 aromatic carbocycles. The zero-order valence-corrected chi connectivity index (χ0v) is 10.7. The predicted molar refractivity (Wildman–Crippen MR) is 69.3 cm³/mol. The van der Waals surface area contributed by atoms with E-state index in [9.17, 15) is 14.7 Å². The monoisotopic (exact) mass is 249 g/mol. The van der Waals surface area contributed by atoms with E-state index in [2.05, 4.69) is 5.32 Å². The molecule has 1 aromatic rings. The molecule has 0 bridgehead atoms. The second kappa shape index (κ2) is 6.79. The third kappa shape index (κ3) is 4.57. The van der Waals surface area contributed by atoms with E-state index in [1.54, 1.807) is 24.3 Å². The average molecular weight is 249 g/mol. The Morgan fingerprint density at radius 1 is 1.22 bits per heavy atom. The highest BCUT2D eigenvalue weighted by Crippen LogP contribution is 2.14. The van der Waals surface area contributed by atoms with Gasteiger partial charge in [0, 0.05) is 13.0 Å². The standard InChI is InChI=1S/C14H19NO3/c1-10(2)8-13(16)15-9-12(14(17)18)11-6-4-3-5-7-11/h3-7,10,12H,8-9H2,1-2H3,(H,15,16)(H,17,18). The number of aliphatic carboxylic acids is 1. The summed E-state index contributed by atoms with van der Waals surface area (Å²) in [6, 6.07) is 8.93. The molecule has 2 N–H and O–H groups in total.